The van der Waals surface area contributed by atoms with E-state index < -0.39 is 16.0 Å². The van der Waals surface area contributed by atoms with Crippen molar-refractivity contribution >= 4 is 16.0 Å². The highest BCUT2D eigenvalue weighted by Gasteiger charge is 2.47. The van der Waals surface area contributed by atoms with Crippen molar-refractivity contribution in [1.82, 2.24) is 13.9 Å². The van der Waals surface area contributed by atoms with Crippen LogP contribution in [0.5, 0.6) is 0 Å². The minimum absolute atomic E-state index is 0.0789. The van der Waals surface area contributed by atoms with Crippen LogP contribution in [-0.2, 0) is 21.9 Å². The van der Waals surface area contributed by atoms with Crippen LogP contribution in [0, 0.1) is 5.92 Å². The van der Waals surface area contributed by atoms with Crippen LogP contribution in [0.1, 0.15) is 32.1 Å². The zero-order valence-corrected chi connectivity index (χ0v) is 12.7. The molecule has 0 aromatic carbocycles. The Morgan fingerprint density at radius 1 is 1.38 bits per heavy atom. The number of rotatable bonds is 4. The van der Waals surface area contributed by atoms with Gasteiger partial charge in [-0.1, -0.05) is 0 Å². The van der Waals surface area contributed by atoms with E-state index in [-0.39, 0.29) is 29.4 Å². The largest absolute Gasteiger partial charge is 0.481 e. The van der Waals surface area contributed by atoms with Gasteiger partial charge in [0.15, 0.2) is 5.03 Å². The molecular formula is C13H19N3O4S. The van der Waals surface area contributed by atoms with Crippen LogP contribution in [0.3, 0.4) is 0 Å². The highest BCUT2D eigenvalue weighted by molar-refractivity contribution is 7.89. The minimum Gasteiger partial charge on any atom is -0.481 e. The number of aromatic nitrogens is 2. The number of nitrogens with zero attached hydrogens (tertiary/aromatic N) is 3. The van der Waals surface area contributed by atoms with Crippen molar-refractivity contribution in [2.45, 2.75) is 49.2 Å². The monoisotopic (exact) mass is 313 g/mol. The molecule has 0 radical (unpaired) electrons. The summed E-state index contributed by atoms with van der Waals surface area (Å²) >= 11 is 0. The lowest BCUT2D eigenvalue weighted by atomic mass is 9.90. The Hall–Kier alpha value is -1.41. The SMILES string of the molecule is Cn1cnc(S(=O)(=O)N2C3CCC2CC(CC(=O)O)C3)c1. The predicted octanol–water partition coefficient (Wildman–Crippen LogP) is 0.826. The Kier molecular flexibility index (Phi) is 3.53. The van der Waals surface area contributed by atoms with Crippen LogP contribution >= 0.6 is 0 Å². The maximum atomic E-state index is 12.7. The summed E-state index contributed by atoms with van der Waals surface area (Å²) in [6, 6.07) is -0.166. The molecule has 7 nitrogen and oxygen atoms in total. The molecule has 2 unspecified atom stereocenters. The van der Waals surface area contributed by atoms with E-state index in [1.54, 1.807) is 15.9 Å². The summed E-state index contributed by atoms with van der Waals surface area (Å²) in [5, 5.41) is 9.00. The van der Waals surface area contributed by atoms with Gasteiger partial charge in [-0.2, -0.15) is 4.31 Å². The lowest BCUT2D eigenvalue weighted by Gasteiger charge is -2.36. The fourth-order valence-corrected chi connectivity index (χ4v) is 5.55. The first-order valence-corrected chi connectivity index (χ1v) is 8.55. The normalized spacial score (nSPS) is 29.7. The van der Waals surface area contributed by atoms with Crippen molar-refractivity contribution < 1.29 is 18.3 Å². The number of carbonyl (C=O) groups is 1. The second kappa shape index (κ2) is 5.10. The lowest BCUT2D eigenvalue weighted by Crippen LogP contribution is -2.46. The van der Waals surface area contributed by atoms with Crippen LogP contribution in [0.15, 0.2) is 17.6 Å². The van der Waals surface area contributed by atoms with Gasteiger partial charge in [-0.3, -0.25) is 4.79 Å². The van der Waals surface area contributed by atoms with Crippen molar-refractivity contribution in [3.8, 4) is 0 Å². The molecule has 2 aliphatic heterocycles. The third kappa shape index (κ3) is 2.57. The van der Waals surface area contributed by atoms with Gasteiger partial charge in [-0.15, -0.1) is 0 Å². The zero-order chi connectivity index (χ0) is 15.2. The average molecular weight is 313 g/mol. The number of carboxylic acid groups (broad SMARTS) is 1. The van der Waals surface area contributed by atoms with Gasteiger partial charge in [0.05, 0.1) is 6.33 Å². The third-order valence-electron chi connectivity index (χ3n) is 4.45. The van der Waals surface area contributed by atoms with Crippen molar-refractivity contribution in [3.05, 3.63) is 12.5 Å². The summed E-state index contributed by atoms with van der Waals surface area (Å²) in [7, 11) is -1.84. The van der Waals surface area contributed by atoms with Crippen LogP contribution in [-0.4, -0.2) is 45.4 Å². The average Bonchev–Trinajstić information content (AvgIpc) is 2.92. The van der Waals surface area contributed by atoms with Crippen LogP contribution in [0.25, 0.3) is 0 Å². The van der Waals surface area contributed by atoms with Gasteiger partial charge in [0.2, 0.25) is 0 Å². The van der Waals surface area contributed by atoms with Crippen molar-refractivity contribution in [2.75, 3.05) is 0 Å². The molecule has 0 saturated carbocycles. The molecule has 8 heteroatoms. The molecule has 2 aliphatic rings. The molecule has 1 N–H and O–H groups in total. The molecular weight excluding hydrogens is 294 g/mol. The van der Waals surface area contributed by atoms with Gasteiger partial charge in [0.1, 0.15) is 0 Å². The van der Waals surface area contributed by atoms with Gasteiger partial charge >= 0.3 is 5.97 Å². The van der Waals surface area contributed by atoms with Crippen molar-refractivity contribution in [3.63, 3.8) is 0 Å². The number of imidazole rings is 1. The first-order valence-electron chi connectivity index (χ1n) is 7.11. The van der Waals surface area contributed by atoms with E-state index in [2.05, 4.69) is 4.98 Å². The highest BCUT2D eigenvalue weighted by atomic mass is 32.2. The summed E-state index contributed by atoms with van der Waals surface area (Å²) in [4.78, 5) is 14.8. The number of sulfonamides is 1. The molecule has 2 bridgehead atoms. The van der Waals surface area contributed by atoms with E-state index in [0.717, 1.165) is 12.8 Å². The van der Waals surface area contributed by atoms with E-state index >= 15 is 0 Å². The van der Waals surface area contributed by atoms with E-state index in [9.17, 15) is 13.2 Å². The van der Waals surface area contributed by atoms with E-state index in [4.69, 9.17) is 5.11 Å². The molecule has 0 amide bonds. The second-order valence-corrected chi connectivity index (χ2v) is 7.82. The van der Waals surface area contributed by atoms with Gasteiger partial charge in [-0.25, -0.2) is 13.4 Å². The molecule has 1 aromatic heterocycles. The van der Waals surface area contributed by atoms with Crippen LogP contribution < -0.4 is 0 Å². The molecule has 21 heavy (non-hydrogen) atoms. The molecule has 2 fully saturated rings. The number of fused-ring (bicyclic) bond motifs is 2. The molecule has 1 aromatic rings. The van der Waals surface area contributed by atoms with Crippen molar-refractivity contribution in [1.29, 1.82) is 0 Å². The number of aryl methyl sites for hydroxylation is 1. The third-order valence-corrected chi connectivity index (χ3v) is 6.34. The minimum atomic E-state index is -3.58. The molecule has 0 aliphatic carbocycles. The van der Waals surface area contributed by atoms with Crippen molar-refractivity contribution in [2.24, 2.45) is 13.0 Å². The Bertz CT molecular complexity index is 640. The fraction of sp³-hybridized carbons (Fsp3) is 0.692. The Morgan fingerprint density at radius 3 is 2.48 bits per heavy atom. The first-order chi connectivity index (χ1) is 9.88. The number of carboxylic acids is 1. The molecule has 0 spiro atoms. The molecule has 2 saturated heterocycles. The predicted molar refractivity (Wildman–Crippen MR) is 74.0 cm³/mol. The number of aliphatic carboxylic acids is 1. The molecule has 3 rings (SSSR count). The first kappa shape index (κ1) is 14.5. The van der Waals surface area contributed by atoms with E-state index in [0.29, 0.717) is 12.8 Å². The quantitative estimate of drug-likeness (QED) is 0.888. The summed E-state index contributed by atoms with van der Waals surface area (Å²) in [5.74, 6) is -0.726. The summed E-state index contributed by atoms with van der Waals surface area (Å²) < 4.78 is 28.6. The summed E-state index contributed by atoms with van der Waals surface area (Å²) in [5.41, 5.74) is 0. The Morgan fingerprint density at radius 2 is 2.00 bits per heavy atom. The molecule has 3 heterocycles. The molecule has 2 atom stereocenters. The topological polar surface area (TPSA) is 92.5 Å². The van der Waals surface area contributed by atoms with E-state index in [1.807, 2.05) is 0 Å². The van der Waals surface area contributed by atoms with E-state index in [1.165, 1.54) is 12.5 Å². The maximum Gasteiger partial charge on any atom is 0.303 e. The van der Waals surface area contributed by atoms with Gasteiger partial charge in [0.25, 0.3) is 10.0 Å². The fourth-order valence-electron chi connectivity index (χ4n) is 3.68. The van der Waals surface area contributed by atoms with Gasteiger partial charge in [0, 0.05) is 31.7 Å². The highest BCUT2D eigenvalue weighted by Crippen LogP contribution is 2.42. The number of hydrogen-bond acceptors (Lipinski definition) is 4. The summed E-state index contributed by atoms with van der Waals surface area (Å²) in [6.45, 7) is 0. The van der Waals surface area contributed by atoms with Gasteiger partial charge in [-0.05, 0) is 31.6 Å². The zero-order valence-electron chi connectivity index (χ0n) is 11.8. The van der Waals surface area contributed by atoms with Crippen LogP contribution in [0.2, 0.25) is 0 Å². The number of hydrogen-bond donors (Lipinski definition) is 1. The summed E-state index contributed by atoms with van der Waals surface area (Å²) in [6.07, 6.45) is 6.01. The maximum absolute atomic E-state index is 12.7. The lowest BCUT2D eigenvalue weighted by molar-refractivity contribution is -0.138. The second-order valence-electron chi connectivity index (χ2n) is 6.03. The molecule has 116 valence electrons. The van der Waals surface area contributed by atoms with Crippen LogP contribution in [0.4, 0.5) is 0 Å². The van der Waals surface area contributed by atoms with Gasteiger partial charge < -0.3 is 9.67 Å². The Balaban J connectivity index is 1.83. The smallest absolute Gasteiger partial charge is 0.303 e. The Labute approximate surface area is 123 Å². The standard InChI is InChI=1S/C13H19N3O4S/c1-15-7-12(14-8-15)21(19,20)16-10-2-3-11(16)5-9(4-10)6-13(17)18/h7-11H,2-6H2,1H3,(H,17,18). The number of piperidine rings is 1.